The molecule has 1 heterocycles. The zero-order valence-electron chi connectivity index (χ0n) is 15.2. The Morgan fingerprint density at radius 1 is 1.31 bits per heavy atom. The number of carbonyl (C=O) groups excluding carboxylic acids is 3. The molecule has 0 aliphatic carbocycles. The summed E-state index contributed by atoms with van der Waals surface area (Å²) in [5.74, 6) is -2.66. The van der Waals surface area contributed by atoms with Gasteiger partial charge in [-0.05, 0) is 31.0 Å². The number of carboxylic acid groups (broad SMARTS) is 1. The number of Topliss-reactive ketones (excluding diaryl/α,β-unsaturated/α-hetero) is 1. The van der Waals surface area contributed by atoms with E-state index in [-0.39, 0.29) is 18.5 Å². The Labute approximate surface area is 173 Å². The first-order chi connectivity index (χ1) is 13.4. The van der Waals surface area contributed by atoms with Crippen molar-refractivity contribution in [1.29, 1.82) is 0 Å². The van der Waals surface area contributed by atoms with Crippen LogP contribution in [0.5, 0.6) is 0 Å². The van der Waals surface area contributed by atoms with Crippen molar-refractivity contribution < 1.29 is 37.5 Å². The van der Waals surface area contributed by atoms with Crippen LogP contribution in [0.4, 0.5) is 13.2 Å². The van der Waals surface area contributed by atoms with E-state index in [4.69, 9.17) is 11.6 Å². The van der Waals surface area contributed by atoms with E-state index >= 15 is 0 Å². The van der Waals surface area contributed by atoms with Crippen LogP contribution in [0, 0.1) is 0 Å². The van der Waals surface area contributed by atoms with Crippen molar-refractivity contribution in [2.75, 3.05) is 6.54 Å². The second-order valence-electron chi connectivity index (χ2n) is 6.44. The minimum atomic E-state index is -4.78. The third-order valence-electron chi connectivity index (χ3n) is 4.38. The molecule has 1 aliphatic rings. The second kappa shape index (κ2) is 9.17. The average Bonchev–Trinajstić information content (AvgIpc) is 3.09. The molecule has 6 nitrogen and oxygen atoms in total. The molecule has 11 heteroatoms. The van der Waals surface area contributed by atoms with Crippen LogP contribution in [0.25, 0.3) is 0 Å². The number of carbonyl (C=O) groups is 4. The third kappa shape index (κ3) is 5.72. The van der Waals surface area contributed by atoms with Gasteiger partial charge in [0, 0.05) is 25.5 Å². The molecule has 0 spiro atoms. The summed E-state index contributed by atoms with van der Waals surface area (Å²) in [5, 5.41) is 6.83. The predicted molar refractivity (Wildman–Crippen MR) is 99.8 cm³/mol. The number of rotatable bonds is 6. The van der Waals surface area contributed by atoms with Crippen molar-refractivity contribution in [2.45, 2.75) is 43.7 Å². The topological polar surface area (TPSA) is 91.8 Å². The zero-order chi connectivity index (χ0) is 21.9. The lowest BCUT2D eigenvalue weighted by Crippen LogP contribution is -2.42. The maximum atomic E-state index is 13.1. The summed E-state index contributed by atoms with van der Waals surface area (Å²) < 4.78 is 39.2. The highest BCUT2D eigenvalue weighted by atomic mass is 35.5. The van der Waals surface area contributed by atoms with Gasteiger partial charge in [-0.1, -0.05) is 23.4 Å². The number of thioether (sulfide) groups is 1. The Morgan fingerprint density at radius 2 is 1.97 bits per heavy atom. The molecule has 1 aromatic carbocycles. The van der Waals surface area contributed by atoms with Crippen LogP contribution in [0.2, 0.25) is 5.02 Å². The standard InChI is InChI=1S/C18H17ClF3NO5S/c1-9(24)29-14(8-15(25)23-6-2-3-13(23)17(27)28)16(26)10-4-5-12(19)11(7-10)18(20,21)22/h4-5,7,13-14H,2-3,6,8H2,1H3,(H,27,28)/t13-,14?/m0/s1. The van der Waals surface area contributed by atoms with Crippen molar-refractivity contribution in [3.63, 3.8) is 0 Å². The van der Waals surface area contributed by atoms with Crippen molar-refractivity contribution in [1.82, 2.24) is 4.90 Å². The second-order valence-corrected chi connectivity index (χ2v) is 8.23. The summed E-state index contributed by atoms with van der Waals surface area (Å²) in [4.78, 5) is 49.2. The number of halogens is 4. The minimum absolute atomic E-state index is 0.195. The van der Waals surface area contributed by atoms with E-state index in [1.165, 1.54) is 0 Å². The molecule has 2 rings (SSSR count). The minimum Gasteiger partial charge on any atom is -0.480 e. The van der Waals surface area contributed by atoms with Crippen LogP contribution in [0.15, 0.2) is 18.2 Å². The largest absolute Gasteiger partial charge is 0.480 e. The van der Waals surface area contributed by atoms with E-state index in [1.54, 1.807) is 0 Å². The Hall–Kier alpha value is -2.07. The van der Waals surface area contributed by atoms with Gasteiger partial charge in [0.1, 0.15) is 6.04 Å². The highest BCUT2D eigenvalue weighted by Crippen LogP contribution is 2.36. The third-order valence-corrected chi connectivity index (χ3v) is 5.70. The first-order valence-electron chi connectivity index (χ1n) is 8.52. The molecule has 1 aromatic rings. The fourth-order valence-electron chi connectivity index (χ4n) is 3.07. The smallest absolute Gasteiger partial charge is 0.417 e. The maximum Gasteiger partial charge on any atom is 0.417 e. The molecule has 0 aromatic heterocycles. The summed E-state index contributed by atoms with van der Waals surface area (Å²) in [6.07, 6.45) is -4.54. The number of carboxylic acids is 1. The number of ketones is 1. The fourth-order valence-corrected chi connectivity index (χ4v) is 4.16. The molecule has 0 bridgehead atoms. The molecule has 0 radical (unpaired) electrons. The van der Waals surface area contributed by atoms with Crippen LogP contribution in [-0.2, 0) is 20.6 Å². The molecule has 1 unspecified atom stereocenters. The molecule has 29 heavy (non-hydrogen) atoms. The number of likely N-dealkylation sites (tertiary alicyclic amines) is 1. The summed E-state index contributed by atoms with van der Waals surface area (Å²) >= 11 is 6.08. The van der Waals surface area contributed by atoms with Gasteiger partial charge in [-0.3, -0.25) is 14.4 Å². The van der Waals surface area contributed by atoms with E-state index in [1.807, 2.05) is 0 Å². The lowest BCUT2D eigenvalue weighted by atomic mass is 10.0. The number of aliphatic carboxylic acids is 1. The molecule has 1 saturated heterocycles. The van der Waals surface area contributed by atoms with E-state index < -0.39 is 57.2 Å². The Bertz CT molecular complexity index is 845. The molecular formula is C18H17ClF3NO5S. The van der Waals surface area contributed by atoms with Crippen LogP contribution >= 0.6 is 23.4 Å². The van der Waals surface area contributed by atoms with Gasteiger partial charge < -0.3 is 10.0 Å². The molecule has 1 N–H and O–H groups in total. The summed E-state index contributed by atoms with van der Waals surface area (Å²) in [6.45, 7) is 1.36. The van der Waals surface area contributed by atoms with Gasteiger partial charge in [0.15, 0.2) is 10.9 Å². The maximum absolute atomic E-state index is 13.1. The lowest BCUT2D eigenvalue weighted by Gasteiger charge is -2.23. The highest BCUT2D eigenvalue weighted by Gasteiger charge is 2.38. The molecule has 1 fully saturated rings. The van der Waals surface area contributed by atoms with Crippen molar-refractivity contribution in [2.24, 2.45) is 0 Å². The SMILES string of the molecule is CC(=O)SC(CC(=O)N1CCC[C@H]1C(=O)O)C(=O)c1ccc(Cl)c(C(F)(F)F)c1. The van der Waals surface area contributed by atoms with Gasteiger partial charge in [-0.25, -0.2) is 4.79 Å². The molecule has 2 atom stereocenters. The number of hydrogen-bond donors (Lipinski definition) is 1. The number of amides is 1. The molecule has 158 valence electrons. The van der Waals surface area contributed by atoms with Crippen LogP contribution in [-0.4, -0.2) is 50.6 Å². The van der Waals surface area contributed by atoms with Gasteiger partial charge in [-0.2, -0.15) is 13.2 Å². The summed E-state index contributed by atoms with van der Waals surface area (Å²) in [6, 6.07) is 1.58. The first kappa shape index (κ1) is 23.2. The normalized spacial score (nSPS) is 17.8. The molecule has 1 aliphatic heterocycles. The Morgan fingerprint density at radius 3 is 2.52 bits per heavy atom. The van der Waals surface area contributed by atoms with Gasteiger partial charge in [0.25, 0.3) is 0 Å². The predicted octanol–water partition coefficient (Wildman–Crippen LogP) is 3.66. The van der Waals surface area contributed by atoms with Gasteiger partial charge in [0.05, 0.1) is 15.8 Å². The van der Waals surface area contributed by atoms with E-state index in [9.17, 15) is 37.5 Å². The van der Waals surface area contributed by atoms with Gasteiger partial charge in [-0.15, -0.1) is 0 Å². The van der Waals surface area contributed by atoms with Crippen LogP contribution < -0.4 is 0 Å². The first-order valence-corrected chi connectivity index (χ1v) is 9.78. The lowest BCUT2D eigenvalue weighted by molar-refractivity contribution is -0.148. The van der Waals surface area contributed by atoms with Gasteiger partial charge in [0.2, 0.25) is 5.91 Å². The molecule has 1 amide bonds. The summed E-state index contributed by atoms with van der Waals surface area (Å²) in [7, 11) is 0. The zero-order valence-corrected chi connectivity index (χ0v) is 16.7. The fraction of sp³-hybridized carbons (Fsp3) is 0.444. The van der Waals surface area contributed by atoms with Crippen LogP contribution in [0.1, 0.15) is 42.1 Å². The Kier molecular flexibility index (Phi) is 7.34. The number of benzene rings is 1. The van der Waals surface area contributed by atoms with Gasteiger partial charge >= 0.3 is 12.1 Å². The number of hydrogen-bond acceptors (Lipinski definition) is 5. The van der Waals surface area contributed by atoms with E-state index in [2.05, 4.69) is 0 Å². The molecular weight excluding hydrogens is 435 g/mol. The van der Waals surface area contributed by atoms with E-state index in [0.29, 0.717) is 24.2 Å². The quantitative estimate of drug-likeness (QED) is 0.664. The highest BCUT2D eigenvalue weighted by molar-refractivity contribution is 8.14. The monoisotopic (exact) mass is 451 g/mol. The van der Waals surface area contributed by atoms with Crippen molar-refractivity contribution in [3.8, 4) is 0 Å². The number of nitrogens with zero attached hydrogens (tertiary/aromatic N) is 1. The van der Waals surface area contributed by atoms with Crippen molar-refractivity contribution >= 4 is 46.1 Å². The van der Waals surface area contributed by atoms with E-state index in [0.717, 1.165) is 24.0 Å². The van der Waals surface area contributed by atoms with Crippen molar-refractivity contribution in [3.05, 3.63) is 34.3 Å². The average molecular weight is 452 g/mol. The van der Waals surface area contributed by atoms with Crippen LogP contribution in [0.3, 0.4) is 0 Å². The summed E-state index contributed by atoms with van der Waals surface area (Å²) in [5.41, 5.74) is -1.54. The number of alkyl halides is 3. The molecule has 0 saturated carbocycles. The Balaban J connectivity index is 2.28.